The second kappa shape index (κ2) is 13.2. The number of sulfonamides is 1. The fraction of sp³-hybridized carbons (Fsp3) is 0.310. The van der Waals surface area contributed by atoms with E-state index >= 15 is 0 Å². The van der Waals surface area contributed by atoms with Gasteiger partial charge < -0.3 is 10.2 Å². The molecule has 3 aromatic carbocycles. The average Bonchev–Trinajstić information content (AvgIpc) is 2.92. The van der Waals surface area contributed by atoms with Crippen LogP contribution in [0.15, 0.2) is 83.8 Å². The van der Waals surface area contributed by atoms with E-state index in [9.17, 15) is 22.4 Å². The lowest BCUT2D eigenvalue weighted by Crippen LogP contribution is -2.52. The number of carbonyl (C=O) groups is 2. The van der Waals surface area contributed by atoms with Crippen molar-refractivity contribution in [1.82, 2.24) is 10.2 Å². The van der Waals surface area contributed by atoms with E-state index in [1.807, 2.05) is 45.0 Å². The molecule has 0 spiro atoms. The van der Waals surface area contributed by atoms with Gasteiger partial charge in [0.15, 0.2) is 0 Å². The molecule has 202 valence electrons. The van der Waals surface area contributed by atoms with E-state index in [4.69, 9.17) is 0 Å². The van der Waals surface area contributed by atoms with Gasteiger partial charge in [0.2, 0.25) is 11.8 Å². The molecule has 0 aliphatic carbocycles. The number of hydrogen-bond donors (Lipinski definition) is 1. The van der Waals surface area contributed by atoms with Crippen LogP contribution in [0.1, 0.15) is 37.8 Å². The molecular weight excluding hydrogens is 505 g/mol. The fourth-order valence-corrected chi connectivity index (χ4v) is 5.55. The first-order valence-electron chi connectivity index (χ1n) is 12.6. The van der Waals surface area contributed by atoms with Crippen molar-refractivity contribution in [2.24, 2.45) is 0 Å². The van der Waals surface area contributed by atoms with Gasteiger partial charge in [-0.15, -0.1) is 0 Å². The number of benzene rings is 3. The summed E-state index contributed by atoms with van der Waals surface area (Å²) in [6, 6.07) is 19.4. The maximum absolute atomic E-state index is 13.9. The Labute approximate surface area is 224 Å². The van der Waals surface area contributed by atoms with Gasteiger partial charge in [-0.1, -0.05) is 56.3 Å². The Balaban J connectivity index is 2.04. The van der Waals surface area contributed by atoms with Crippen molar-refractivity contribution < 1.29 is 22.4 Å². The number of nitrogens with zero attached hydrogens (tertiary/aromatic N) is 2. The second-order valence-electron chi connectivity index (χ2n) is 8.96. The summed E-state index contributed by atoms with van der Waals surface area (Å²) in [6.07, 6.45) is 1.08. The van der Waals surface area contributed by atoms with Crippen molar-refractivity contribution >= 4 is 27.5 Å². The van der Waals surface area contributed by atoms with Crippen molar-refractivity contribution in [2.45, 2.75) is 51.1 Å². The zero-order chi connectivity index (χ0) is 27.7. The van der Waals surface area contributed by atoms with E-state index in [1.165, 1.54) is 29.2 Å². The van der Waals surface area contributed by atoms with Crippen molar-refractivity contribution in [3.63, 3.8) is 0 Å². The molecule has 0 radical (unpaired) electrons. The van der Waals surface area contributed by atoms with E-state index in [-0.39, 0.29) is 23.0 Å². The Morgan fingerprint density at radius 3 is 2.16 bits per heavy atom. The number of aryl methyl sites for hydroxylation is 1. The summed E-state index contributed by atoms with van der Waals surface area (Å²) in [6.45, 7) is 5.70. The number of carbonyl (C=O) groups excluding carboxylic acids is 2. The van der Waals surface area contributed by atoms with Gasteiger partial charge >= 0.3 is 0 Å². The first kappa shape index (κ1) is 28.8. The molecule has 9 heteroatoms. The zero-order valence-corrected chi connectivity index (χ0v) is 22.7. The van der Waals surface area contributed by atoms with Crippen LogP contribution in [0.5, 0.6) is 0 Å². The SMILES string of the molecule is CCCNC(=O)[C@@H](CC)N(Cc1ccccc1C)C(=O)CN(c1ccc(F)cc1)S(=O)(=O)c1ccccc1. The lowest BCUT2D eigenvalue weighted by molar-refractivity contribution is -0.140. The largest absolute Gasteiger partial charge is 0.354 e. The molecular formula is C29H34FN3O4S. The highest BCUT2D eigenvalue weighted by Crippen LogP contribution is 2.25. The van der Waals surface area contributed by atoms with Crippen molar-refractivity contribution in [3.05, 3.63) is 95.8 Å². The van der Waals surface area contributed by atoms with Gasteiger partial charge in [-0.2, -0.15) is 0 Å². The minimum absolute atomic E-state index is 0.00434. The summed E-state index contributed by atoms with van der Waals surface area (Å²) in [7, 11) is -4.18. The highest BCUT2D eigenvalue weighted by Gasteiger charge is 2.33. The number of rotatable bonds is 12. The number of nitrogens with one attached hydrogen (secondary N) is 1. The maximum atomic E-state index is 13.9. The summed E-state index contributed by atoms with van der Waals surface area (Å²) in [5.41, 5.74) is 1.94. The van der Waals surface area contributed by atoms with Gasteiger partial charge in [-0.05, 0) is 67.3 Å². The van der Waals surface area contributed by atoms with Crippen LogP contribution in [0, 0.1) is 12.7 Å². The van der Waals surface area contributed by atoms with Crippen molar-refractivity contribution in [1.29, 1.82) is 0 Å². The van der Waals surface area contributed by atoms with Crippen LogP contribution >= 0.6 is 0 Å². The Hall–Kier alpha value is -3.72. The Morgan fingerprint density at radius 1 is 0.921 bits per heavy atom. The summed E-state index contributed by atoms with van der Waals surface area (Å²) < 4.78 is 42.0. The Kier molecular flexibility index (Phi) is 10.0. The number of hydrogen-bond acceptors (Lipinski definition) is 4. The quantitative estimate of drug-likeness (QED) is 0.363. The molecule has 0 saturated carbocycles. The predicted molar refractivity (Wildman–Crippen MR) is 146 cm³/mol. The van der Waals surface area contributed by atoms with Crippen molar-refractivity contribution in [2.75, 3.05) is 17.4 Å². The van der Waals surface area contributed by atoms with Gasteiger partial charge in [0.1, 0.15) is 18.4 Å². The minimum Gasteiger partial charge on any atom is -0.354 e. The topological polar surface area (TPSA) is 86.8 Å². The summed E-state index contributed by atoms with van der Waals surface area (Å²) in [4.78, 5) is 28.4. The summed E-state index contributed by atoms with van der Waals surface area (Å²) >= 11 is 0. The van der Waals surface area contributed by atoms with Crippen LogP contribution in [0.3, 0.4) is 0 Å². The molecule has 0 fully saturated rings. The first-order chi connectivity index (χ1) is 18.2. The van der Waals surface area contributed by atoms with E-state index < -0.39 is 34.3 Å². The monoisotopic (exact) mass is 539 g/mol. The molecule has 0 heterocycles. The molecule has 3 rings (SSSR count). The van der Waals surface area contributed by atoms with Crippen LogP contribution < -0.4 is 9.62 Å². The molecule has 0 bridgehead atoms. The van der Waals surface area contributed by atoms with Gasteiger partial charge in [0.05, 0.1) is 10.6 Å². The molecule has 38 heavy (non-hydrogen) atoms. The lowest BCUT2D eigenvalue weighted by Gasteiger charge is -2.33. The fourth-order valence-electron chi connectivity index (χ4n) is 4.11. The summed E-state index contributed by atoms with van der Waals surface area (Å²) in [5, 5.41) is 2.86. The number of halogens is 1. The third kappa shape index (κ3) is 6.98. The van der Waals surface area contributed by atoms with Crippen LogP contribution in [-0.2, 0) is 26.2 Å². The standard InChI is InChI=1S/C29H34FN3O4S/c1-4-19-31-29(35)27(5-2)32(20-23-12-10-9-11-22(23)3)28(34)21-33(25-17-15-24(30)16-18-25)38(36,37)26-13-7-6-8-14-26/h6-18,27H,4-5,19-21H2,1-3H3,(H,31,35)/t27-/m1/s1. The molecule has 1 N–H and O–H groups in total. The van der Waals surface area contributed by atoms with Crippen molar-refractivity contribution in [3.8, 4) is 0 Å². The van der Waals surface area contributed by atoms with Crippen LogP contribution in [0.25, 0.3) is 0 Å². The minimum atomic E-state index is -4.18. The van der Waals surface area contributed by atoms with E-state index in [2.05, 4.69) is 5.32 Å². The summed E-state index contributed by atoms with van der Waals surface area (Å²) in [5.74, 6) is -1.37. The van der Waals surface area contributed by atoms with E-state index in [0.29, 0.717) is 13.0 Å². The zero-order valence-electron chi connectivity index (χ0n) is 21.9. The molecule has 0 aliphatic heterocycles. The molecule has 7 nitrogen and oxygen atoms in total. The predicted octanol–water partition coefficient (Wildman–Crippen LogP) is 4.66. The van der Waals surface area contributed by atoms with Gasteiger partial charge in [0.25, 0.3) is 10.0 Å². The van der Waals surface area contributed by atoms with E-state index in [0.717, 1.165) is 34.0 Å². The van der Waals surface area contributed by atoms with Crippen LogP contribution in [-0.4, -0.2) is 44.3 Å². The molecule has 0 unspecified atom stereocenters. The lowest BCUT2D eigenvalue weighted by atomic mass is 10.1. The highest BCUT2D eigenvalue weighted by atomic mass is 32.2. The van der Waals surface area contributed by atoms with E-state index in [1.54, 1.807) is 18.2 Å². The third-order valence-corrected chi connectivity index (χ3v) is 8.05. The molecule has 0 aliphatic rings. The molecule has 0 aromatic heterocycles. The van der Waals surface area contributed by atoms with Crippen LogP contribution in [0.2, 0.25) is 0 Å². The van der Waals surface area contributed by atoms with Gasteiger partial charge in [0, 0.05) is 13.1 Å². The normalized spacial score (nSPS) is 12.0. The first-order valence-corrected chi connectivity index (χ1v) is 14.1. The van der Waals surface area contributed by atoms with Crippen LogP contribution in [0.4, 0.5) is 10.1 Å². The maximum Gasteiger partial charge on any atom is 0.264 e. The van der Waals surface area contributed by atoms with Gasteiger partial charge in [-0.3, -0.25) is 13.9 Å². The Morgan fingerprint density at radius 2 is 1.55 bits per heavy atom. The molecule has 3 aromatic rings. The number of amides is 2. The highest BCUT2D eigenvalue weighted by molar-refractivity contribution is 7.92. The Bertz CT molecular complexity index is 1330. The molecule has 2 amide bonds. The molecule has 1 atom stereocenters. The van der Waals surface area contributed by atoms with Gasteiger partial charge in [-0.25, -0.2) is 12.8 Å². The third-order valence-electron chi connectivity index (χ3n) is 6.26. The average molecular weight is 540 g/mol. The smallest absolute Gasteiger partial charge is 0.264 e. The second-order valence-corrected chi connectivity index (χ2v) is 10.8. The molecule has 0 saturated heterocycles. The number of anilines is 1.